The van der Waals surface area contributed by atoms with E-state index in [1.54, 1.807) is 0 Å². The van der Waals surface area contributed by atoms with Crippen LogP contribution in [0.15, 0.2) is 42.5 Å². The summed E-state index contributed by atoms with van der Waals surface area (Å²) in [4.78, 5) is 0. The molecule has 22 heavy (non-hydrogen) atoms. The molecule has 0 saturated heterocycles. The van der Waals surface area contributed by atoms with Gasteiger partial charge >= 0.3 is 12.5 Å². The van der Waals surface area contributed by atoms with E-state index in [9.17, 15) is 26.3 Å². The Morgan fingerprint density at radius 2 is 1.50 bits per heavy atom. The second kappa shape index (κ2) is 5.43. The van der Waals surface area contributed by atoms with E-state index in [2.05, 4.69) is 4.74 Å². The molecule has 0 amide bonds. The number of ether oxygens (including phenoxy) is 1. The van der Waals surface area contributed by atoms with Crippen molar-refractivity contribution in [3.63, 3.8) is 0 Å². The van der Waals surface area contributed by atoms with Crippen LogP contribution in [-0.4, -0.2) is 6.36 Å². The van der Waals surface area contributed by atoms with Crippen LogP contribution in [0.5, 0.6) is 5.75 Å². The first-order chi connectivity index (χ1) is 10.1. The normalized spacial score (nSPS) is 12.3. The van der Waals surface area contributed by atoms with E-state index in [0.29, 0.717) is 0 Å². The third-order valence-corrected chi connectivity index (χ3v) is 2.78. The van der Waals surface area contributed by atoms with Crippen LogP contribution in [0.3, 0.4) is 0 Å². The summed E-state index contributed by atoms with van der Waals surface area (Å²) in [7, 11) is 0. The molecule has 0 heterocycles. The summed E-state index contributed by atoms with van der Waals surface area (Å²) in [5, 5.41) is 0. The fourth-order valence-electron chi connectivity index (χ4n) is 1.92. The first kappa shape index (κ1) is 16.0. The maximum Gasteiger partial charge on any atom is 0.573 e. The molecule has 0 atom stereocenters. The monoisotopic (exact) mass is 321 g/mol. The van der Waals surface area contributed by atoms with Gasteiger partial charge in [-0.2, -0.15) is 13.2 Å². The lowest BCUT2D eigenvalue weighted by Crippen LogP contribution is -2.18. The van der Waals surface area contributed by atoms with Crippen molar-refractivity contribution < 1.29 is 31.1 Å². The quantitative estimate of drug-likeness (QED) is 0.634. The van der Waals surface area contributed by atoms with Gasteiger partial charge in [-0.05, 0) is 29.3 Å². The number of nitrogen functional groups attached to an aromatic ring is 1. The summed E-state index contributed by atoms with van der Waals surface area (Å²) in [6.45, 7) is 0. The van der Waals surface area contributed by atoms with Crippen molar-refractivity contribution >= 4 is 5.69 Å². The van der Waals surface area contributed by atoms with Crippen LogP contribution in [0.25, 0.3) is 11.1 Å². The Balaban J connectivity index is 2.46. The summed E-state index contributed by atoms with van der Waals surface area (Å²) >= 11 is 0. The molecule has 0 bridgehead atoms. The topological polar surface area (TPSA) is 35.2 Å². The average Bonchev–Trinajstić information content (AvgIpc) is 2.39. The lowest BCUT2D eigenvalue weighted by molar-refractivity contribution is -0.274. The van der Waals surface area contributed by atoms with E-state index in [-0.39, 0.29) is 11.1 Å². The van der Waals surface area contributed by atoms with Gasteiger partial charge in [-0.15, -0.1) is 13.2 Å². The summed E-state index contributed by atoms with van der Waals surface area (Å²) in [5.41, 5.74) is 3.97. The molecule has 2 nitrogen and oxygen atoms in total. The van der Waals surface area contributed by atoms with E-state index in [1.807, 2.05) is 0 Å². The molecule has 0 aliphatic carbocycles. The second-order valence-corrected chi connectivity index (χ2v) is 4.34. The van der Waals surface area contributed by atoms with Gasteiger partial charge in [0.2, 0.25) is 0 Å². The maximum atomic E-state index is 12.9. The number of alkyl halides is 6. The Bertz CT molecular complexity index is 678. The molecular formula is C14H9F6NO. The van der Waals surface area contributed by atoms with Crippen LogP contribution in [0.2, 0.25) is 0 Å². The number of rotatable bonds is 2. The largest absolute Gasteiger partial charge is 0.573 e. The molecule has 2 N–H and O–H groups in total. The summed E-state index contributed by atoms with van der Waals surface area (Å²) in [6.07, 6.45) is -9.52. The van der Waals surface area contributed by atoms with Crippen molar-refractivity contribution in [2.24, 2.45) is 0 Å². The summed E-state index contributed by atoms with van der Waals surface area (Å²) in [5.74, 6) is -0.666. The lowest BCUT2D eigenvalue weighted by atomic mass is 9.99. The van der Waals surface area contributed by atoms with E-state index in [1.165, 1.54) is 18.2 Å². The van der Waals surface area contributed by atoms with Gasteiger partial charge in [-0.1, -0.05) is 24.3 Å². The standard InChI is InChI=1S/C14H9F6NO/c15-13(16,17)10-4-2-1-3-9(10)8-5-6-12(11(21)7-8)22-14(18,19)20/h1-7H,21H2. The number of halogens is 6. The van der Waals surface area contributed by atoms with Crippen LogP contribution in [-0.2, 0) is 6.18 Å². The fourth-order valence-corrected chi connectivity index (χ4v) is 1.92. The average molecular weight is 321 g/mol. The van der Waals surface area contributed by atoms with E-state index in [4.69, 9.17) is 5.73 Å². The predicted octanol–water partition coefficient (Wildman–Crippen LogP) is 4.85. The first-order valence-electron chi connectivity index (χ1n) is 5.90. The molecule has 0 spiro atoms. The zero-order chi connectivity index (χ0) is 16.5. The van der Waals surface area contributed by atoms with E-state index >= 15 is 0 Å². The molecule has 0 saturated carbocycles. The Morgan fingerprint density at radius 3 is 2.05 bits per heavy atom. The number of anilines is 1. The third-order valence-electron chi connectivity index (χ3n) is 2.78. The molecule has 2 aromatic rings. The SMILES string of the molecule is Nc1cc(-c2ccccc2C(F)(F)F)ccc1OC(F)(F)F. The molecule has 0 fully saturated rings. The minimum Gasteiger partial charge on any atom is -0.404 e. The Morgan fingerprint density at radius 1 is 0.864 bits per heavy atom. The fraction of sp³-hybridized carbons (Fsp3) is 0.143. The first-order valence-corrected chi connectivity index (χ1v) is 5.90. The minimum atomic E-state index is -4.93. The maximum absolute atomic E-state index is 12.9. The molecular weight excluding hydrogens is 312 g/mol. The van der Waals surface area contributed by atoms with Crippen molar-refractivity contribution in [3.05, 3.63) is 48.0 Å². The van der Waals surface area contributed by atoms with Gasteiger partial charge in [-0.3, -0.25) is 0 Å². The van der Waals surface area contributed by atoms with Gasteiger partial charge in [-0.25, -0.2) is 0 Å². The molecule has 8 heteroatoms. The number of nitrogens with two attached hydrogens (primary N) is 1. The van der Waals surface area contributed by atoms with E-state index in [0.717, 1.165) is 24.3 Å². The summed E-state index contributed by atoms with van der Waals surface area (Å²) in [6, 6.07) is 7.67. The number of hydrogen-bond acceptors (Lipinski definition) is 2. The summed E-state index contributed by atoms with van der Waals surface area (Å²) < 4.78 is 78.9. The number of benzene rings is 2. The Kier molecular flexibility index (Phi) is 3.95. The number of hydrogen-bond donors (Lipinski definition) is 1. The zero-order valence-electron chi connectivity index (χ0n) is 10.8. The highest BCUT2D eigenvalue weighted by Crippen LogP contribution is 2.39. The van der Waals surface area contributed by atoms with Crippen LogP contribution in [0.1, 0.15) is 5.56 Å². The van der Waals surface area contributed by atoms with Crippen molar-refractivity contribution in [2.45, 2.75) is 12.5 Å². The minimum absolute atomic E-state index is 0.0416. The molecule has 0 aliphatic heterocycles. The molecule has 0 aliphatic rings. The van der Waals surface area contributed by atoms with Crippen LogP contribution >= 0.6 is 0 Å². The lowest BCUT2D eigenvalue weighted by Gasteiger charge is -2.15. The van der Waals surface area contributed by atoms with Gasteiger partial charge < -0.3 is 10.5 Å². The molecule has 0 unspecified atom stereocenters. The second-order valence-electron chi connectivity index (χ2n) is 4.34. The molecule has 0 radical (unpaired) electrons. The zero-order valence-corrected chi connectivity index (χ0v) is 10.8. The molecule has 0 aromatic heterocycles. The Labute approximate surface area is 121 Å². The van der Waals surface area contributed by atoms with Gasteiger partial charge in [0.25, 0.3) is 0 Å². The molecule has 2 rings (SSSR count). The van der Waals surface area contributed by atoms with Gasteiger partial charge in [0, 0.05) is 0 Å². The highest BCUT2D eigenvalue weighted by molar-refractivity contribution is 5.73. The highest BCUT2D eigenvalue weighted by Gasteiger charge is 2.34. The van der Waals surface area contributed by atoms with Gasteiger partial charge in [0.1, 0.15) is 0 Å². The van der Waals surface area contributed by atoms with Gasteiger partial charge in [0.15, 0.2) is 5.75 Å². The van der Waals surface area contributed by atoms with E-state index < -0.39 is 29.5 Å². The van der Waals surface area contributed by atoms with Crippen molar-refractivity contribution in [1.82, 2.24) is 0 Å². The highest BCUT2D eigenvalue weighted by atomic mass is 19.4. The third kappa shape index (κ3) is 3.63. The van der Waals surface area contributed by atoms with Crippen molar-refractivity contribution in [1.29, 1.82) is 0 Å². The predicted molar refractivity (Wildman–Crippen MR) is 68.0 cm³/mol. The van der Waals surface area contributed by atoms with Crippen molar-refractivity contribution in [2.75, 3.05) is 5.73 Å². The van der Waals surface area contributed by atoms with Crippen LogP contribution in [0.4, 0.5) is 32.0 Å². The smallest absolute Gasteiger partial charge is 0.404 e. The van der Waals surface area contributed by atoms with Crippen LogP contribution in [0, 0.1) is 0 Å². The van der Waals surface area contributed by atoms with Crippen molar-refractivity contribution in [3.8, 4) is 16.9 Å². The van der Waals surface area contributed by atoms with Crippen LogP contribution < -0.4 is 10.5 Å². The molecule has 2 aromatic carbocycles. The van der Waals surface area contributed by atoms with Gasteiger partial charge in [0.05, 0.1) is 11.3 Å². The Hall–Kier alpha value is -2.38. The molecule has 118 valence electrons.